The molecule has 1 amide bonds. The fourth-order valence-electron chi connectivity index (χ4n) is 3.37. The van der Waals surface area contributed by atoms with E-state index in [4.69, 9.17) is 0 Å². The standard InChI is InChI=1S/C22H25FN2O3S/c1-15(19-11-12-21(20(23)13-19)25-29(2,27)28)22(26)24-14-16-7-9-18(10-8-16)17-5-3-4-6-17/h3,5,7-13,15,17,25H,4,6,14H2,1-2H3,(H,24,26). The third-order valence-corrected chi connectivity index (χ3v) is 5.66. The summed E-state index contributed by atoms with van der Waals surface area (Å²) in [7, 11) is -3.57. The Morgan fingerprint density at radius 3 is 2.52 bits per heavy atom. The van der Waals surface area contributed by atoms with Crippen molar-refractivity contribution >= 4 is 21.6 Å². The fraction of sp³-hybridized carbons (Fsp3) is 0.318. The van der Waals surface area contributed by atoms with Crippen molar-refractivity contribution in [1.29, 1.82) is 0 Å². The first kappa shape index (κ1) is 21.0. The number of allylic oxidation sites excluding steroid dienone is 2. The van der Waals surface area contributed by atoms with Gasteiger partial charge in [-0.05, 0) is 48.6 Å². The molecule has 2 atom stereocenters. The molecule has 2 aromatic carbocycles. The molecule has 0 radical (unpaired) electrons. The average molecular weight is 417 g/mol. The van der Waals surface area contributed by atoms with Crippen LogP contribution in [0.3, 0.4) is 0 Å². The summed E-state index contributed by atoms with van der Waals surface area (Å²) < 4.78 is 38.8. The number of benzene rings is 2. The number of carbonyl (C=O) groups is 1. The summed E-state index contributed by atoms with van der Waals surface area (Å²) in [5.41, 5.74) is 2.61. The topological polar surface area (TPSA) is 75.3 Å². The molecule has 29 heavy (non-hydrogen) atoms. The normalized spacial score (nSPS) is 17.1. The maximum absolute atomic E-state index is 14.2. The van der Waals surface area contributed by atoms with Crippen molar-refractivity contribution in [2.75, 3.05) is 11.0 Å². The first-order valence-electron chi connectivity index (χ1n) is 9.53. The Morgan fingerprint density at radius 1 is 1.21 bits per heavy atom. The minimum atomic E-state index is -3.57. The predicted octanol–water partition coefficient (Wildman–Crippen LogP) is 4.05. The van der Waals surface area contributed by atoms with Crippen molar-refractivity contribution in [1.82, 2.24) is 5.32 Å². The zero-order chi connectivity index (χ0) is 21.0. The Kier molecular flexibility index (Phi) is 6.37. The summed E-state index contributed by atoms with van der Waals surface area (Å²) in [4.78, 5) is 12.5. The third kappa shape index (κ3) is 5.67. The highest BCUT2D eigenvalue weighted by molar-refractivity contribution is 7.92. The van der Waals surface area contributed by atoms with E-state index in [1.807, 2.05) is 12.1 Å². The van der Waals surface area contributed by atoms with Crippen molar-refractivity contribution in [3.63, 3.8) is 0 Å². The van der Waals surface area contributed by atoms with Gasteiger partial charge in [0.15, 0.2) is 0 Å². The lowest BCUT2D eigenvalue weighted by Gasteiger charge is -2.15. The van der Waals surface area contributed by atoms with Crippen LogP contribution in [-0.2, 0) is 21.4 Å². The predicted molar refractivity (Wildman–Crippen MR) is 113 cm³/mol. The van der Waals surface area contributed by atoms with E-state index in [-0.39, 0.29) is 11.6 Å². The number of sulfonamides is 1. The Hall–Kier alpha value is -2.67. The number of hydrogen-bond donors (Lipinski definition) is 2. The first-order valence-corrected chi connectivity index (χ1v) is 11.4. The van der Waals surface area contributed by atoms with Crippen LogP contribution in [0.4, 0.5) is 10.1 Å². The molecule has 1 aliphatic carbocycles. The highest BCUT2D eigenvalue weighted by atomic mass is 32.2. The second kappa shape index (κ2) is 8.78. The molecule has 0 aromatic heterocycles. The van der Waals surface area contributed by atoms with Crippen LogP contribution < -0.4 is 10.0 Å². The van der Waals surface area contributed by atoms with Gasteiger partial charge in [-0.2, -0.15) is 0 Å². The first-order chi connectivity index (χ1) is 13.7. The van der Waals surface area contributed by atoms with E-state index < -0.39 is 21.8 Å². The number of anilines is 1. The van der Waals surface area contributed by atoms with Crippen molar-refractivity contribution in [2.24, 2.45) is 0 Å². The van der Waals surface area contributed by atoms with Gasteiger partial charge in [0.2, 0.25) is 15.9 Å². The molecule has 154 valence electrons. The number of carbonyl (C=O) groups excluding carboxylic acids is 1. The lowest BCUT2D eigenvalue weighted by atomic mass is 9.97. The molecule has 0 saturated heterocycles. The van der Waals surface area contributed by atoms with E-state index in [0.717, 1.165) is 24.7 Å². The monoisotopic (exact) mass is 416 g/mol. The largest absolute Gasteiger partial charge is 0.352 e. The Bertz CT molecular complexity index is 1020. The molecular formula is C22H25FN2O3S. The molecule has 3 rings (SSSR count). The van der Waals surface area contributed by atoms with Crippen molar-refractivity contribution < 1.29 is 17.6 Å². The van der Waals surface area contributed by atoms with E-state index in [1.165, 1.54) is 17.7 Å². The van der Waals surface area contributed by atoms with Gasteiger partial charge in [-0.1, -0.05) is 42.5 Å². The van der Waals surface area contributed by atoms with Crippen LogP contribution in [0.1, 0.15) is 48.3 Å². The number of halogens is 1. The Balaban J connectivity index is 1.59. The highest BCUT2D eigenvalue weighted by Crippen LogP contribution is 2.28. The molecule has 7 heteroatoms. The molecule has 2 unspecified atom stereocenters. The molecule has 0 fully saturated rings. The second-order valence-electron chi connectivity index (χ2n) is 7.41. The SMILES string of the molecule is CC(C(=O)NCc1ccc(C2C=CCC2)cc1)c1ccc(NS(C)(=O)=O)c(F)c1. The zero-order valence-corrected chi connectivity index (χ0v) is 17.3. The van der Waals surface area contributed by atoms with Crippen molar-refractivity contribution in [3.8, 4) is 0 Å². The Labute approximate surface area is 171 Å². The quantitative estimate of drug-likeness (QED) is 0.669. The van der Waals surface area contributed by atoms with Crippen LogP contribution in [0, 0.1) is 5.82 Å². The van der Waals surface area contributed by atoms with E-state index >= 15 is 0 Å². The van der Waals surface area contributed by atoms with Crippen LogP contribution >= 0.6 is 0 Å². The maximum Gasteiger partial charge on any atom is 0.229 e. The molecule has 2 aromatic rings. The number of nitrogens with one attached hydrogen (secondary N) is 2. The lowest BCUT2D eigenvalue weighted by molar-refractivity contribution is -0.122. The van der Waals surface area contributed by atoms with Crippen molar-refractivity contribution in [3.05, 3.63) is 77.1 Å². The van der Waals surface area contributed by atoms with Crippen LogP contribution in [0.25, 0.3) is 0 Å². The van der Waals surface area contributed by atoms with Gasteiger partial charge in [0.25, 0.3) is 0 Å². The summed E-state index contributed by atoms with van der Waals surface area (Å²) in [6, 6.07) is 12.3. The summed E-state index contributed by atoms with van der Waals surface area (Å²) in [6.07, 6.45) is 7.64. The molecule has 5 nitrogen and oxygen atoms in total. The van der Waals surface area contributed by atoms with E-state index in [0.29, 0.717) is 18.0 Å². The van der Waals surface area contributed by atoms with Crippen LogP contribution in [0.2, 0.25) is 0 Å². The molecule has 0 heterocycles. The summed E-state index contributed by atoms with van der Waals surface area (Å²) in [5, 5.41) is 2.87. The van der Waals surface area contributed by atoms with Crippen LogP contribution in [-0.4, -0.2) is 20.6 Å². The molecule has 0 bridgehead atoms. The molecule has 0 spiro atoms. The smallest absolute Gasteiger partial charge is 0.229 e. The number of hydrogen-bond acceptors (Lipinski definition) is 3. The minimum absolute atomic E-state index is 0.138. The van der Waals surface area contributed by atoms with E-state index in [9.17, 15) is 17.6 Å². The van der Waals surface area contributed by atoms with Gasteiger partial charge in [0.1, 0.15) is 5.82 Å². The van der Waals surface area contributed by atoms with Crippen molar-refractivity contribution in [2.45, 2.75) is 38.1 Å². The van der Waals surface area contributed by atoms with Crippen LogP contribution in [0.5, 0.6) is 0 Å². The van der Waals surface area contributed by atoms with Gasteiger partial charge in [-0.3, -0.25) is 9.52 Å². The molecule has 2 N–H and O–H groups in total. The molecule has 0 aliphatic heterocycles. The van der Waals surface area contributed by atoms with Gasteiger partial charge < -0.3 is 5.32 Å². The molecule has 1 aliphatic rings. The molecule has 0 saturated carbocycles. The third-order valence-electron chi connectivity index (χ3n) is 5.07. The fourth-order valence-corrected chi connectivity index (χ4v) is 3.93. The average Bonchev–Trinajstić information content (AvgIpc) is 3.21. The molecular weight excluding hydrogens is 391 g/mol. The lowest BCUT2D eigenvalue weighted by Crippen LogP contribution is -2.27. The van der Waals surface area contributed by atoms with E-state index in [1.54, 1.807) is 13.0 Å². The maximum atomic E-state index is 14.2. The van der Waals surface area contributed by atoms with Gasteiger partial charge in [0, 0.05) is 12.5 Å². The number of rotatable bonds is 7. The summed E-state index contributed by atoms with van der Waals surface area (Å²) in [6.45, 7) is 2.07. The summed E-state index contributed by atoms with van der Waals surface area (Å²) >= 11 is 0. The Morgan fingerprint density at radius 2 is 1.93 bits per heavy atom. The zero-order valence-electron chi connectivity index (χ0n) is 16.5. The van der Waals surface area contributed by atoms with Crippen LogP contribution in [0.15, 0.2) is 54.6 Å². The summed E-state index contributed by atoms with van der Waals surface area (Å²) in [5.74, 6) is -1.03. The minimum Gasteiger partial charge on any atom is -0.352 e. The van der Waals surface area contributed by atoms with Gasteiger partial charge >= 0.3 is 0 Å². The second-order valence-corrected chi connectivity index (χ2v) is 9.16. The highest BCUT2D eigenvalue weighted by Gasteiger charge is 2.18. The van der Waals surface area contributed by atoms with Gasteiger partial charge in [-0.15, -0.1) is 0 Å². The van der Waals surface area contributed by atoms with E-state index in [2.05, 4.69) is 34.3 Å². The van der Waals surface area contributed by atoms with Gasteiger partial charge in [0.05, 0.1) is 17.9 Å². The van der Waals surface area contributed by atoms with Gasteiger partial charge in [-0.25, -0.2) is 12.8 Å². The number of amides is 1.